The van der Waals surface area contributed by atoms with Crippen LogP contribution in [0.1, 0.15) is 18.4 Å². The highest BCUT2D eigenvalue weighted by Gasteiger charge is 2.19. The summed E-state index contributed by atoms with van der Waals surface area (Å²) in [7, 11) is 0. The molecule has 0 aliphatic heterocycles. The van der Waals surface area contributed by atoms with E-state index in [1.807, 2.05) is 18.2 Å². The molecule has 6 nitrogen and oxygen atoms in total. The quantitative estimate of drug-likeness (QED) is 0.402. The Morgan fingerprint density at radius 2 is 1.41 bits per heavy atom. The number of carboxylic acid groups (broad SMARTS) is 1. The lowest BCUT2D eigenvalue weighted by molar-refractivity contribution is -0.138. The largest absolute Gasteiger partial charge is 0.481 e. The molecule has 2 aromatic heterocycles. The maximum Gasteiger partial charge on any atom is 0.310 e. The van der Waals surface area contributed by atoms with Gasteiger partial charge in [-0.25, -0.2) is 0 Å². The van der Waals surface area contributed by atoms with E-state index >= 15 is 0 Å². The van der Waals surface area contributed by atoms with E-state index in [1.54, 1.807) is 43.3 Å². The zero-order valence-corrected chi connectivity index (χ0v) is 15.4. The SMILES string of the molecule is CC(C(=O)O)c1cccc2[nH]c3cc4c(=O)c5ccccc5[nH]c4cc3c(=O)c12. The third-order valence-electron chi connectivity index (χ3n) is 5.52. The van der Waals surface area contributed by atoms with Crippen molar-refractivity contribution < 1.29 is 9.90 Å². The predicted octanol–water partition coefficient (Wildman–Crippen LogP) is 3.86. The number of hydrogen-bond acceptors (Lipinski definition) is 3. The van der Waals surface area contributed by atoms with Crippen molar-refractivity contribution in [1.82, 2.24) is 9.97 Å². The molecule has 0 aliphatic carbocycles. The maximum absolute atomic E-state index is 13.3. The lowest BCUT2D eigenvalue weighted by atomic mass is 9.95. The minimum absolute atomic E-state index is 0.106. The summed E-state index contributed by atoms with van der Waals surface area (Å²) in [6.45, 7) is 1.56. The van der Waals surface area contributed by atoms with Crippen LogP contribution in [0.15, 0.2) is 64.2 Å². The van der Waals surface area contributed by atoms with Crippen molar-refractivity contribution in [2.75, 3.05) is 0 Å². The number of aromatic nitrogens is 2. The first-order valence-corrected chi connectivity index (χ1v) is 9.22. The molecule has 6 heteroatoms. The number of carboxylic acids is 1. The molecule has 2 heterocycles. The Balaban J connectivity index is 1.95. The number of fused-ring (bicyclic) bond motifs is 4. The molecule has 0 radical (unpaired) electrons. The Morgan fingerprint density at radius 3 is 2.14 bits per heavy atom. The van der Waals surface area contributed by atoms with Crippen molar-refractivity contribution >= 4 is 49.6 Å². The fourth-order valence-corrected chi connectivity index (χ4v) is 3.96. The standard InChI is InChI=1S/C23H16N2O4/c1-11(23(28)29)12-6-4-8-17-20(12)22(27)15-10-18-14(9-19(15)25-17)21(26)13-5-2-3-7-16(13)24-18/h2-11H,1H3,(H,24,26)(H,25,27)(H,28,29). The summed E-state index contributed by atoms with van der Waals surface area (Å²) >= 11 is 0. The molecule has 3 N–H and O–H groups in total. The molecule has 0 aliphatic rings. The minimum Gasteiger partial charge on any atom is -0.481 e. The first-order chi connectivity index (χ1) is 14.0. The summed E-state index contributed by atoms with van der Waals surface area (Å²) in [4.78, 5) is 44.2. The molecule has 3 aromatic carbocycles. The minimum atomic E-state index is -0.994. The molecule has 0 amide bonds. The summed E-state index contributed by atoms with van der Waals surface area (Å²) in [5, 5.41) is 11.3. The normalized spacial score (nSPS) is 12.7. The Morgan fingerprint density at radius 1 is 0.793 bits per heavy atom. The van der Waals surface area contributed by atoms with Crippen LogP contribution in [-0.2, 0) is 4.79 Å². The Kier molecular flexibility index (Phi) is 3.58. The number of para-hydroxylation sites is 1. The van der Waals surface area contributed by atoms with E-state index in [-0.39, 0.29) is 10.9 Å². The summed E-state index contributed by atoms with van der Waals surface area (Å²) in [6.07, 6.45) is 0. The molecule has 0 saturated carbocycles. The lowest BCUT2D eigenvalue weighted by Gasteiger charge is -2.12. The molecule has 0 bridgehead atoms. The number of aromatic amines is 2. The third kappa shape index (κ3) is 2.46. The van der Waals surface area contributed by atoms with Gasteiger partial charge in [-0.15, -0.1) is 0 Å². The molecular weight excluding hydrogens is 368 g/mol. The molecular formula is C23H16N2O4. The fraction of sp³-hybridized carbons (Fsp3) is 0.0870. The number of benzene rings is 3. The number of H-pyrrole nitrogens is 2. The van der Waals surface area contributed by atoms with Gasteiger partial charge in [-0.1, -0.05) is 24.3 Å². The number of pyridine rings is 2. The van der Waals surface area contributed by atoms with E-state index in [1.165, 1.54) is 0 Å². The first-order valence-electron chi connectivity index (χ1n) is 9.22. The van der Waals surface area contributed by atoms with Gasteiger partial charge in [0, 0.05) is 21.7 Å². The highest BCUT2D eigenvalue weighted by atomic mass is 16.4. The van der Waals surface area contributed by atoms with Gasteiger partial charge in [0.2, 0.25) is 0 Å². The van der Waals surface area contributed by atoms with Crippen molar-refractivity contribution in [3.63, 3.8) is 0 Å². The van der Waals surface area contributed by atoms with Crippen LogP contribution < -0.4 is 10.9 Å². The predicted molar refractivity (Wildman–Crippen MR) is 114 cm³/mol. The van der Waals surface area contributed by atoms with Crippen LogP contribution in [0.2, 0.25) is 0 Å². The average molecular weight is 384 g/mol. The van der Waals surface area contributed by atoms with Gasteiger partial charge in [0.25, 0.3) is 0 Å². The van der Waals surface area contributed by atoms with Gasteiger partial charge in [-0.05, 0) is 42.8 Å². The zero-order valence-electron chi connectivity index (χ0n) is 15.4. The van der Waals surface area contributed by atoms with Gasteiger partial charge in [0.15, 0.2) is 10.9 Å². The Hall–Kier alpha value is -3.93. The lowest BCUT2D eigenvalue weighted by Crippen LogP contribution is -2.14. The van der Waals surface area contributed by atoms with Gasteiger partial charge >= 0.3 is 5.97 Å². The van der Waals surface area contributed by atoms with Crippen molar-refractivity contribution in [3.05, 3.63) is 80.6 Å². The van der Waals surface area contributed by atoms with E-state index in [2.05, 4.69) is 9.97 Å². The number of nitrogens with one attached hydrogen (secondary N) is 2. The number of carbonyl (C=O) groups is 1. The smallest absolute Gasteiger partial charge is 0.310 e. The highest BCUT2D eigenvalue weighted by Crippen LogP contribution is 2.26. The van der Waals surface area contributed by atoms with E-state index in [9.17, 15) is 19.5 Å². The van der Waals surface area contributed by atoms with Gasteiger partial charge < -0.3 is 15.1 Å². The summed E-state index contributed by atoms with van der Waals surface area (Å²) in [6, 6.07) is 15.7. The summed E-state index contributed by atoms with van der Waals surface area (Å²) < 4.78 is 0. The van der Waals surface area contributed by atoms with Crippen LogP contribution in [-0.4, -0.2) is 21.0 Å². The summed E-state index contributed by atoms with van der Waals surface area (Å²) in [5.74, 6) is -1.81. The number of hydrogen-bond donors (Lipinski definition) is 3. The average Bonchev–Trinajstić information content (AvgIpc) is 2.72. The van der Waals surface area contributed by atoms with Crippen LogP contribution in [0, 0.1) is 0 Å². The van der Waals surface area contributed by atoms with Crippen molar-refractivity contribution in [2.45, 2.75) is 12.8 Å². The molecule has 0 spiro atoms. The second kappa shape index (κ2) is 6.04. The highest BCUT2D eigenvalue weighted by molar-refractivity contribution is 6.03. The van der Waals surface area contributed by atoms with E-state index < -0.39 is 11.9 Å². The van der Waals surface area contributed by atoms with Gasteiger partial charge in [0.1, 0.15) is 0 Å². The Labute approximate surface area is 163 Å². The molecule has 1 atom stereocenters. The molecule has 29 heavy (non-hydrogen) atoms. The van der Waals surface area contributed by atoms with Crippen LogP contribution in [0.3, 0.4) is 0 Å². The topological polar surface area (TPSA) is 103 Å². The van der Waals surface area contributed by atoms with E-state index in [0.29, 0.717) is 49.2 Å². The van der Waals surface area contributed by atoms with E-state index in [0.717, 1.165) is 0 Å². The molecule has 5 aromatic rings. The third-order valence-corrected chi connectivity index (χ3v) is 5.52. The molecule has 1 unspecified atom stereocenters. The van der Waals surface area contributed by atoms with Crippen LogP contribution >= 0.6 is 0 Å². The Bertz CT molecular complexity index is 1590. The fourth-order valence-electron chi connectivity index (χ4n) is 3.96. The van der Waals surface area contributed by atoms with Crippen molar-refractivity contribution in [1.29, 1.82) is 0 Å². The number of rotatable bonds is 2. The second-order valence-corrected chi connectivity index (χ2v) is 7.23. The molecule has 0 saturated heterocycles. The summed E-state index contributed by atoms with van der Waals surface area (Å²) in [5.41, 5.74) is 2.45. The van der Waals surface area contributed by atoms with Crippen molar-refractivity contribution in [3.8, 4) is 0 Å². The number of aliphatic carboxylic acids is 1. The van der Waals surface area contributed by atoms with Gasteiger partial charge in [-0.2, -0.15) is 0 Å². The molecule has 0 fully saturated rings. The zero-order chi connectivity index (χ0) is 20.3. The van der Waals surface area contributed by atoms with E-state index in [4.69, 9.17) is 0 Å². The maximum atomic E-state index is 13.3. The van der Waals surface area contributed by atoms with Crippen LogP contribution in [0.25, 0.3) is 43.6 Å². The first kappa shape index (κ1) is 17.2. The van der Waals surface area contributed by atoms with Crippen LogP contribution in [0.5, 0.6) is 0 Å². The monoisotopic (exact) mass is 384 g/mol. The second-order valence-electron chi connectivity index (χ2n) is 7.23. The van der Waals surface area contributed by atoms with Gasteiger partial charge in [0.05, 0.1) is 27.9 Å². The van der Waals surface area contributed by atoms with Crippen molar-refractivity contribution in [2.24, 2.45) is 0 Å². The molecule has 5 rings (SSSR count). The molecule has 142 valence electrons. The van der Waals surface area contributed by atoms with Gasteiger partial charge in [-0.3, -0.25) is 14.4 Å². The van der Waals surface area contributed by atoms with Crippen LogP contribution in [0.4, 0.5) is 0 Å².